The van der Waals surface area contributed by atoms with Crippen LogP contribution in [0.25, 0.3) is 0 Å². The van der Waals surface area contributed by atoms with Crippen molar-refractivity contribution < 1.29 is 13.5 Å². The fraction of sp³-hybridized carbons (Fsp3) is 0.417. The number of nitrogens with one attached hydrogen (secondary N) is 1. The van der Waals surface area contributed by atoms with Gasteiger partial charge in [-0.25, -0.2) is 13.1 Å². The monoisotopic (exact) mass is 268 g/mol. The highest BCUT2D eigenvalue weighted by Crippen LogP contribution is 2.16. The number of aliphatic hydroxyl groups excluding tert-OH is 1. The highest BCUT2D eigenvalue weighted by molar-refractivity contribution is 7.89. The van der Waals surface area contributed by atoms with Crippen molar-refractivity contribution in [3.05, 3.63) is 29.3 Å². The van der Waals surface area contributed by atoms with Crippen molar-refractivity contribution in [3.8, 4) is 6.07 Å². The van der Waals surface area contributed by atoms with E-state index >= 15 is 0 Å². The Balaban J connectivity index is 3.15. The Morgan fingerprint density at radius 1 is 1.44 bits per heavy atom. The molecule has 0 amide bonds. The van der Waals surface area contributed by atoms with Crippen molar-refractivity contribution in [1.29, 1.82) is 5.26 Å². The summed E-state index contributed by atoms with van der Waals surface area (Å²) in [6.07, 6.45) is 0. The summed E-state index contributed by atoms with van der Waals surface area (Å²) in [5.41, 5.74) is 0.109. The van der Waals surface area contributed by atoms with Crippen molar-refractivity contribution in [2.24, 2.45) is 0 Å². The Morgan fingerprint density at radius 2 is 2.06 bits per heavy atom. The number of aliphatic hydroxyl groups is 1. The number of nitriles is 1. The molecule has 0 bridgehead atoms. The van der Waals surface area contributed by atoms with E-state index in [1.54, 1.807) is 20.8 Å². The van der Waals surface area contributed by atoms with Gasteiger partial charge in [0.2, 0.25) is 10.0 Å². The maximum Gasteiger partial charge on any atom is 0.241 e. The van der Waals surface area contributed by atoms with E-state index in [0.29, 0.717) is 11.1 Å². The Morgan fingerprint density at radius 3 is 2.50 bits per heavy atom. The van der Waals surface area contributed by atoms with Crippen LogP contribution in [0.15, 0.2) is 23.1 Å². The molecule has 0 aromatic heterocycles. The highest BCUT2D eigenvalue weighted by Gasteiger charge is 2.25. The van der Waals surface area contributed by atoms with Gasteiger partial charge in [-0.2, -0.15) is 5.26 Å². The minimum absolute atomic E-state index is 0.0838. The molecule has 0 heterocycles. The Labute approximate surface area is 107 Å². The molecule has 0 unspecified atom stereocenters. The molecule has 0 aliphatic carbocycles. The molecule has 0 fully saturated rings. The fourth-order valence-electron chi connectivity index (χ4n) is 1.38. The Bertz CT molecular complexity index is 586. The minimum Gasteiger partial charge on any atom is -0.394 e. The number of sulfonamides is 1. The number of aryl methyl sites for hydroxylation is 1. The SMILES string of the molecule is Cc1cc(S(=O)(=O)NC(C)(C)CO)ccc1C#N. The van der Waals surface area contributed by atoms with E-state index in [4.69, 9.17) is 10.4 Å². The van der Waals surface area contributed by atoms with Crippen LogP contribution in [-0.4, -0.2) is 25.7 Å². The second-order valence-electron chi connectivity index (χ2n) is 4.74. The van der Waals surface area contributed by atoms with Crippen LogP contribution in [0.4, 0.5) is 0 Å². The molecule has 1 aromatic carbocycles. The van der Waals surface area contributed by atoms with Gasteiger partial charge in [-0.05, 0) is 44.5 Å². The van der Waals surface area contributed by atoms with Crippen LogP contribution in [0.1, 0.15) is 25.0 Å². The van der Waals surface area contributed by atoms with E-state index in [-0.39, 0.29) is 11.5 Å². The van der Waals surface area contributed by atoms with E-state index in [1.807, 2.05) is 6.07 Å². The summed E-state index contributed by atoms with van der Waals surface area (Å²) in [5, 5.41) is 17.9. The summed E-state index contributed by atoms with van der Waals surface area (Å²) < 4.78 is 26.5. The van der Waals surface area contributed by atoms with E-state index < -0.39 is 15.6 Å². The maximum absolute atomic E-state index is 12.1. The summed E-state index contributed by atoms with van der Waals surface area (Å²) in [4.78, 5) is 0.0838. The second-order valence-corrected chi connectivity index (χ2v) is 6.42. The third-order valence-electron chi connectivity index (χ3n) is 2.43. The van der Waals surface area contributed by atoms with Gasteiger partial charge < -0.3 is 5.11 Å². The highest BCUT2D eigenvalue weighted by atomic mass is 32.2. The predicted molar refractivity (Wildman–Crippen MR) is 67.4 cm³/mol. The molecule has 0 saturated carbocycles. The van der Waals surface area contributed by atoms with Gasteiger partial charge in [0.1, 0.15) is 0 Å². The molecule has 1 rings (SSSR count). The molecule has 0 saturated heterocycles. The molecule has 0 spiro atoms. The molecule has 0 aliphatic rings. The van der Waals surface area contributed by atoms with Gasteiger partial charge in [0.15, 0.2) is 0 Å². The van der Waals surface area contributed by atoms with Gasteiger partial charge >= 0.3 is 0 Å². The minimum atomic E-state index is -3.70. The van der Waals surface area contributed by atoms with Crippen molar-refractivity contribution in [3.63, 3.8) is 0 Å². The van der Waals surface area contributed by atoms with Gasteiger partial charge in [-0.1, -0.05) is 0 Å². The fourth-order valence-corrected chi connectivity index (χ4v) is 2.87. The van der Waals surface area contributed by atoms with Crippen LogP contribution in [0.2, 0.25) is 0 Å². The maximum atomic E-state index is 12.1. The number of rotatable bonds is 4. The standard InChI is InChI=1S/C12H16N2O3S/c1-9-6-11(5-4-10(9)7-13)18(16,17)14-12(2,3)8-15/h4-6,14-15H,8H2,1-3H3. The lowest BCUT2D eigenvalue weighted by Crippen LogP contribution is -2.46. The first-order valence-electron chi connectivity index (χ1n) is 5.37. The summed E-state index contributed by atoms with van der Waals surface area (Å²) >= 11 is 0. The largest absolute Gasteiger partial charge is 0.394 e. The van der Waals surface area contributed by atoms with Gasteiger partial charge in [0.25, 0.3) is 0 Å². The third-order valence-corrected chi connectivity index (χ3v) is 4.13. The van der Waals surface area contributed by atoms with Crippen molar-refractivity contribution in [2.75, 3.05) is 6.61 Å². The number of nitrogens with zero attached hydrogens (tertiary/aromatic N) is 1. The average Bonchev–Trinajstić information content (AvgIpc) is 2.27. The van der Waals surface area contributed by atoms with E-state index in [2.05, 4.69) is 4.72 Å². The van der Waals surface area contributed by atoms with Crippen LogP contribution in [-0.2, 0) is 10.0 Å². The molecular formula is C12H16N2O3S. The van der Waals surface area contributed by atoms with Gasteiger partial charge in [-0.3, -0.25) is 0 Å². The third kappa shape index (κ3) is 3.29. The number of benzene rings is 1. The number of hydrogen-bond donors (Lipinski definition) is 2. The van der Waals surface area contributed by atoms with Gasteiger partial charge in [0.05, 0.1) is 28.7 Å². The van der Waals surface area contributed by atoms with Gasteiger partial charge in [0, 0.05) is 0 Å². The summed E-state index contributed by atoms with van der Waals surface area (Å²) in [5.74, 6) is 0. The molecule has 5 nitrogen and oxygen atoms in total. The van der Waals surface area contributed by atoms with Crippen molar-refractivity contribution in [1.82, 2.24) is 4.72 Å². The molecule has 0 radical (unpaired) electrons. The molecule has 0 atom stereocenters. The smallest absolute Gasteiger partial charge is 0.241 e. The topological polar surface area (TPSA) is 90.2 Å². The quantitative estimate of drug-likeness (QED) is 0.849. The predicted octanol–water partition coefficient (Wildman–Crippen LogP) is 0.916. The van der Waals surface area contributed by atoms with Crippen molar-refractivity contribution in [2.45, 2.75) is 31.2 Å². The van der Waals surface area contributed by atoms with Crippen molar-refractivity contribution >= 4 is 10.0 Å². The first kappa shape index (κ1) is 14.6. The summed E-state index contributed by atoms with van der Waals surface area (Å²) in [7, 11) is -3.70. The van der Waals surface area contributed by atoms with E-state index in [1.165, 1.54) is 18.2 Å². The average molecular weight is 268 g/mol. The van der Waals surface area contributed by atoms with E-state index in [0.717, 1.165) is 0 Å². The molecule has 18 heavy (non-hydrogen) atoms. The van der Waals surface area contributed by atoms with Crippen LogP contribution in [0.5, 0.6) is 0 Å². The van der Waals surface area contributed by atoms with Crippen LogP contribution in [0, 0.1) is 18.3 Å². The molecule has 6 heteroatoms. The zero-order valence-electron chi connectivity index (χ0n) is 10.6. The normalized spacial score (nSPS) is 12.2. The van der Waals surface area contributed by atoms with Crippen LogP contribution >= 0.6 is 0 Å². The first-order chi connectivity index (χ1) is 8.22. The molecular weight excluding hydrogens is 252 g/mol. The van der Waals surface area contributed by atoms with E-state index in [9.17, 15) is 8.42 Å². The zero-order chi connectivity index (χ0) is 14.0. The lowest BCUT2D eigenvalue weighted by Gasteiger charge is -2.23. The second kappa shape index (κ2) is 5.06. The lowest BCUT2D eigenvalue weighted by molar-refractivity contribution is 0.208. The van der Waals surface area contributed by atoms with Gasteiger partial charge in [-0.15, -0.1) is 0 Å². The molecule has 0 aliphatic heterocycles. The van der Waals surface area contributed by atoms with Crippen LogP contribution in [0.3, 0.4) is 0 Å². The molecule has 1 aromatic rings. The first-order valence-corrected chi connectivity index (χ1v) is 6.86. The molecule has 98 valence electrons. The lowest BCUT2D eigenvalue weighted by atomic mass is 10.1. The summed E-state index contributed by atoms with van der Waals surface area (Å²) in [6.45, 7) is 4.54. The van der Waals surface area contributed by atoms with Crippen LogP contribution < -0.4 is 4.72 Å². The Kier molecular flexibility index (Phi) is 4.12. The number of hydrogen-bond acceptors (Lipinski definition) is 4. The Hall–Kier alpha value is -1.42. The zero-order valence-corrected chi connectivity index (χ0v) is 11.4. The molecule has 2 N–H and O–H groups in total. The summed E-state index contributed by atoms with van der Waals surface area (Å²) in [6, 6.07) is 6.26.